The van der Waals surface area contributed by atoms with E-state index in [1.165, 1.54) is 0 Å². The molecule has 0 saturated heterocycles. The molecule has 11 heavy (non-hydrogen) atoms. The normalized spacial score (nSPS) is 9.73. The van der Waals surface area contributed by atoms with E-state index in [2.05, 4.69) is 0 Å². The van der Waals surface area contributed by atoms with Gasteiger partial charge in [-0.25, -0.2) is 0 Å². The lowest BCUT2D eigenvalue weighted by molar-refractivity contribution is -0.130. The molecule has 0 radical (unpaired) electrons. The van der Waals surface area contributed by atoms with Crippen molar-refractivity contribution in [2.24, 2.45) is 0 Å². The quantitative estimate of drug-likeness (QED) is 0.639. The lowest BCUT2D eigenvalue weighted by atomic mass is 10.3. The molecule has 0 saturated carbocycles. The van der Waals surface area contributed by atoms with Crippen LogP contribution in [-0.2, 0) is 4.79 Å². The number of aliphatic hydroxyl groups excluding tert-OH is 1. The third kappa shape index (κ3) is 4.79. The molecule has 0 aromatic carbocycles. The van der Waals surface area contributed by atoms with Gasteiger partial charge in [0.2, 0.25) is 5.91 Å². The monoisotopic (exact) mass is 159 g/mol. The number of carbonyl (C=O) groups is 1. The fraction of sp³-hybridized carbons (Fsp3) is 0.875. The van der Waals surface area contributed by atoms with E-state index in [4.69, 9.17) is 5.11 Å². The summed E-state index contributed by atoms with van der Waals surface area (Å²) in [5, 5.41) is 8.46. The molecular weight excluding hydrogens is 142 g/mol. The van der Waals surface area contributed by atoms with Gasteiger partial charge in [-0.1, -0.05) is 6.92 Å². The van der Waals surface area contributed by atoms with Crippen molar-refractivity contribution in [2.45, 2.75) is 26.2 Å². The Kier molecular flexibility index (Phi) is 5.84. The minimum absolute atomic E-state index is 0.103. The van der Waals surface area contributed by atoms with Crippen LogP contribution in [0.2, 0.25) is 0 Å². The number of carbonyl (C=O) groups excluding carboxylic acids is 1. The number of hydrogen-bond acceptors (Lipinski definition) is 2. The maximum atomic E-state index is 11.1. The molecule has 0 fully saturated rings. The van der Waals surface area contributed by atoms with Gasteiger partial charge < -0.3 is 10.0 Å². The fourth-order valence-electron chi connectivity index (χ4n) is 0.881. The SMILES string of the molecule is CCCN(C)C(=O)CCCO. The summed E-state index contributed by atoms with van der Waals surface area (Å²) in [5.74, 6) is 0.126. The zero-order valence-electron chi connectivity index (χ0n) is 7.34. The first-order valence-corrected chi connectivity index (χ1v) is 4.07. The lowest BCUT2D eigenvalue weighted by Crippen LogP contribution is -2.27. The van der Waals surface area contributed by atoms with Crippen molar-refractivity contribution in [3.05, 3.63) is 0 Å². The van der Waals surface area contributed by atoms with E-state index >= 15 is 0 Å². The largest absolute Gasteiger partial charge is 0.396 e. The number of hydrogen-bond donors (Lipinski definition) is 1. The molecule has 1 N–H and O–H groups in total. The number of amides is 1. The second-order valence-corrected chi connectivity index (χ2v) is 2.64. The zero-order valence-corrected chi connectivity index (χ0v) is 7.34. The highest BCUT2D eigenvalue weighted by molar-refractivity contribution is 5.75. The van der Waals surface area contributed by atoms with E-state index in [1.807, 2.05) is 6.92 Å². The number of rotatable bonds is 5. The predicted molar refractivity (Wildman–Crippen MR) is 44.2 cm³/mol. The van der Waals surface area contributed by atoms with Crippen molar-refractivity contribution in [1.82, 2.24) is 4.90 Å². The summed E-state index contributed by atoms with van der Waals surface area (Å²) in [4.78, 5) is 12.8. The van der Waals surface area contributed by atoms with Gasteiger partial charge >= 0.3 is 0 Å². The van der Waals surface area contributed by atoms with Crippen LogP contribution in [0.15, 0.2) is 0 Å². The summed E-state index contributed by atoms with van der Waals surface area (Å²) in [5.41, 5.74) is 0. The van der Waals surface area contributed by atoms with Crippen molar-refractivity contribution < 1.29 is 9.90 Å². The van der Waals surface area contributed by atoms with E-state index in [-0.39, 0.29) is 12.5 Å². The highest BCUT2D eigenvalue weighted by Crippen LogP contribution is 1.95. The van der Waals surface area contributed by atoms with Crippen molar-refractivity contribution >= 4 is 5.91 Å². The molecule has 0 heterocycles. The van der Waals surface area contributed by atoms with E-state index in [9.17, 15) is 4.79 Å². The van der Waals surface area contributed by atoms with Crippen molar-refractivity contribution in [3.63, 3.8) is 0 Å². The van der Waals surface area contributed by atoms with Crippen LogP contribution in [-0.4, -0.2) is 36.1 Å². The second kappa shape index (κ2) is 6.16. The van der Waals surface area contributed by atoms with E-state index < -0.39 is 0 Å². The van der Waals surface area contributed by atoms with E-state index in [0.29, 0.717) is 12.8 Å². The maximum absolute atomic E-state index is 11.1. The van der Waals surface area contributed by atoms with E-state index in [1.54, 1.807) is 11.9 Å². The van der Waals surface area contributed by atoms with Gasteiger partial charge in [-0.15, -0.1) is 0 Å². The van der Waals surface area contributed by atoms with Crippen molar-refractivity contribution in [1.29, 1.82) is 0 Å². The van der Waals surface area contributed by atoms with Gasteiger partial charge in [0, 0.05) is 26.6 Å². The minimum atomic E-state index is 0.103. The molecule has 0 bridgehead atoms. The molecule has 0 atom stereocenters. The molecule has 66 valence electrons. The average molecular weight is 159 g/mol. The van der Waals surface area contributed by atoms with E-state index in [0.717, 1.165) is 13.0 Å². The first-order chi connectivity index (χ1) is 5.22. The third-order valence-corrected chi connectivity index (χ3v) is 1.53. The maximum Gasteiger partial charge on any atom is 0.222 e. The average Bonchev–Trinajstić information content (AvgIpc) is 2.00. The molecule has 1 amide bonds. The smallest absolute Gasteiger partial charge is 0.222 e. The summed E-state index contributed by atoms with van der Waals surface area (Å²) < 4.78 is 0. The van der Waals surface area contributed by atoms with Crippen LogP contribution in [0.25, 0.3) is 0 Å². The van der Waals surface area contributed by atoms with Crippen LogP contribution in [0.5, 0.6) is 0 Å². The first kappa shape index (κ1) is 10.4. The Morgan fingerprint density at radius 3 is 2.64 bits per heavy atom. The van der Waals surface area contributed by atoms with Crippen LogP contribution in [0.3, 0.4) is 0 Å². The molecular formula is C8H17NO2. The van der Waals surface area contributed by atoms with Crippen LogP contribution >= 0.6 is 0 Å². The molecule has 3 heteroatoms. The highest BCUT2D eigenvalue weighted by atomic mass is 16.3. The number of nitrogens with zero attached hydrogens (tertiary/aromatic N) is 1. The Morgan fingerprint density at radius 2 is 2.18 bits per heavy atom. The van der Waals surface area contributed by atoms with Gasteiger partial charge in [0.25, 0.3) is 0 Å². The predicted octanol–water partition coefficient (Wildman–Crippen LogP) is 0.627. The highest BCUT2D eigenvalue weighted by Gasteiger charge is 2.05. The van der Waals surface area contributed by atoms with Crippen molar-refractivity contribution in [2.75, 3.05) is 20.2 Å². The van der Waals surface area contributed by atoms with Gasteiger partial charge in [-0.05, 0) is 12.8 Å². The Hall–Kier alpha value is -0.570. The Labute approximate surface area is 68.0 Å². The summed E-state index contributed by atoms with van der Waals surface area (Å²) in [6.07, 6.45) is 2.03. The molecule has 0 aromatic heterocycles. The topological polar surface area (TPSA) is 40.5 Å². The fourth-order valence-corrected chi connectivity index (χ4v) is 0.881. The molecule has 0 aliphatic carbocycles. The standard InChI is InChI=1S/C8H17NO2/c1-3-6-9(2)8(11)5-4-7-10/h10H,3-7H2,1-2H3. The van der Waals surface area contributed by atoms with Gasteiger partial charge in [0.05, 0.1) is 0 Å². The molecule has 0 aromatic rings. The van der Waals surface area contributed by atoms with Gasteiger partial charge in [0.1, 0.15) is 0 Å². The van der Waals surface area contributed by atoms with Crippen molar-refractivity contribution in [3.8, 4) is 0 Å². The zero-order chi connectivity index (χ0) is 8.69. The van der Waals surface area contributed by atoms with Crippen LogP contribution in [0, 0.1) is 0 Å². The Morgan fingerprint density at radius 1 is 1.55 bits per heavy atom. The summed E-state index contributed by atoms with van der Waals surface area (Å²) >= 11 is 0. The lowest BCUT2D eigenvalue weighted by Gasteiger charge is -2.15. The molecule has 3 nitrogen and oxygen atoms in total. The van der Waals surface area contributed by atoms with Crippen LogP contribution < -0.4 is 0 Å². The van der Waals surface area contributed by atoms with Crippen LogP contribution in [0.4, 0.5) is 0 Å². The summed E-state index contributed by atoms with van der Waals surface area (Å²) in [7, 11) is 1.79. The van der Waals surface area contributed by atoms with Crippen LogP contribution in [0.1, 0.15) is 26.2 Å². The Bertz CT molecular complexity index is 115. The van der Waals surface area contributed by atoms with Gasteiger partial charge in [-0.3, -0.25) is 4.79 Å². The molecule has 0 aliphatic heterocycles. The second-order valence-electron chi connectivity index (χ2n) is 2.64. The summed E-state index contributed by atoms with van der Waals surface area (Å²) in [6, 6.07) is 0. The van der Waals surface area contributed by atoms with Gasteiger partial charge in [0.15, 0.2) is 0 Å². The molecule has 0 rings (SSSR count). The minimum Gasteiger partial charge on any atom is -0.396 e. The number of aliphatic hydroxyl groups is 1. The third-order valence-electron chi connectivity index (χ3n) is 1.53. The first-order valence-electron chi connectivity index (χ1n) is 4.07. The molecule has 0 unspecified atom stereocenters. The summed E-state index contributed by atoms with van der Waals surface area (Å²) in [6.45, 7) is 2.95. The van der Waals surface area contributed by atoms with Gasteiger partial charge in [-0.2, -0.15) is 0 Å². The molecule has 0 aliphatic rings. The Balaban J connectivity index is 3.47. The molecule has 0 spiro atoms.